The lowest BCUT2D eigenvalue weighted by Crippen LogP contribution is -2.45. The van der Waals surface area contributed by atoms with Gasteiger partial charge >= 0.3 is 11.9 Å². The van der Waals surface area contributed by atoms with Crippen LogP contribution in [0.1, 0.15) is 37.2 Å². The minimum Gasteiger partial charge on any atom is -0.493 e. The van der Waals surface area contributed by atoms with Crippen molar-refractivity contribution in [1.82, 2.24) is 10.3 Å². The highest BCUT2D eigenvalue weighted by molar-refractivity contribution is 5.98. The molecule has 2 heterocycles. The number of pyridine rings is 1. The van der Waals surface area contributed by atoms with Crippen LogP contribution in [0.4, 0.5) is 0 Å². The van der Waals surface area contributed by atoms with Crippen molar-refractivity contribution < 1.29 is 33.3 Å². The molecule has 0 aromatic carbocycles. The van der Waals surface area contributed by atoms with Crippen molar-refractivity contribution in [3.05, 3.63) is 18.0 Å². The predicted octanol–water partition coefficient (Wildman–Crippen LogP) is 0.856. The fraction of sp³-hybridized carbons (Fsp3) is 0.529. The maximum atomic E-state index is 12.6. The third-order valence-electron chi connectivity index (χ3n) is 3.64. The highest BCUT2D eigenvalue weighted by Gasteiger charge is 2.29. The van der Waals surface area contributed by atoms with Gasteiger partial charge in [-0.25, -0.2) is 9.78 Å². The van der Waals surface area contributed by atoms with Gasteiger partial charge < -0.3 is 24.3 Å². The molecule has 1 aromatic heterocycles. The lowest BCUT2D eigenvalue weighted by atomic mass is 10.2. The van der Waals surface area contributed by atoms with Gasteiger partial charge in [0.1, 0.15) is 0 Å². The van der Waals surface area contributed by atoms with Crippen molar-refractivity contribution in [2.75, 3.05) is 20.3 Å². The Hall–Kier alpha value is -2.68. The summed E-state index contributed by atoms with van der Waals surface area (Å²) in [4.78, 5) is 40.1. The van der Waals surface area contributed by atoms with Gasteiger partial charge in [-0.3, -0.25) is 9.59 Å². The van der Waals surface area contributed by atoms with Crippen LogP contribution in [0.15, 0.2) is 12.3 Å². The number of hydrogen-bond donors (Lipinski definition) is 1. The second kappa shape index (κ2) is 9.14. The first-order chi connectivity index (χ1) is 12.4. The molecule has 0 aliphatic carbocycles. The normalized spacial score (nSPS) is 20.8. The van der Waals surface area contributed by atoms with Crippen molar-refractivity contribution in [1.29, 1.82) is 0 Å². The number of amides is 1. The molecule has 0 bridgehead atoms. The number of carbonyl (C=O) groups excluding carboxylic acids is 3. The Morgan fingerprint density at radius 3 is 2.85 bits per heavy atom. The zero-order chi connectivity index (χ0) is 19.1. The van der Waals surface area contributed by atoms with Crippen LogP contribution in [-0.4, -0.2) is 55.3 Å². The summed E-state index contributed by atoms with van der Waals surface area (Å²) in [7, 11) is 1.37. The quantitative estimate of drug-likeness (QED) is 0.781. The first-order valence-corrected chi connectivity index (χ1v) is 8.23. The smallest absolute Gasteiger partial charge is 0.331 e. The number of esters is 2. The Balaban J connectivity index is 2.22. The number of rotatable bonds is 4. The second-order valence-electron chi connectivity index (χ2n) is 5.78. The Labute approximate surface area is 151 Å². The molecule has 142 valence electrons. The van der Waals surface area contributed by atoms with E-state index in [4.69, 9.17) is 18.9 Å². The molecule has 1 aliphatic rings. The van der Waals surface area contributed by atoms with Crippen LogP contribution < -0.4 is 14.8 Å². The van der Waals surface area contributed by atoms with Gasteiger partial charge in [0.05, 0.1) is 19.8 Å². The van der Waals surface area contributed by atoms with E-state index in [1.54, 1.807) is 6.92 Å². The maximum absolute atomic E-state index is 12.6. The topological polar surface area (TPSA) is 113 Å². The molecule has 0 saturated carbocycles. The number of nitrogens with zero attached hydrogens (tertiary/aromatic N) is 1. The zero-order valence-corrected chi connectivity index (χ0v) is 14.9. The standard InChI is InChI=1S/C17H22N2O7/c1-10-5-4-8-24-9-12(17(22)25-10)19-16(21)14-15(26-11(2)20)13(23-3)6-7-18-14/h6-7,10,12H,4-5,8-9H2,1-3H3,(H,19,21)/t10-,12-/m0/s1. The molecule has 26 heavy (non-hydrogen) atoms. The number of aromatic nitrogens is 1. The van der Waals surface area contributed by atoms with Crippen molar-refractivity contribution in [2.24, 2.45) is 0 Å². The van der Waals surface area contributed by atoms with E-state index in [0.29, 0.717) is 13.0 Å². The molecule has 1 saturated heterocycles. The summed E-state index contributed by atoms with van der Waals surface area (Å²) >= 11 is 0. The van der Waals surface area contributed by atoms with Gasteiger partial charge in [0.15, 0.2) is 17.5 Å². The molecule has 1 fully saturated rings. The fourth-order valence-electron chi connectivity index (χ4n) is 2.40. The van der Waals surface area contributed by atoms with Crippen molar-refractivity contribution >= 4 is 17.8 Å². The number of nitrogens with one attached hydrogen (secondary N) is 1. The van der Waals surface area contributed by atoms with Crippen LogP contribution >= 0.6 is 0 Å². The van der Waals surface area contributed by atoms with Crippen LogP contribution in [0.25, 0.3) is 0 Å². The summed E-state index contributed by atoms with van der Waals surface area (Å²) in [6, 6.07) is 0.454. The van der Waals surface area contributed by atoms with Crippen molar-refractivity contribution in [3.63, 3.8) is 0 Å². The summed E-state index contributed by atoms with van der Waals surface area (Å²) in [5, 5.41) is 2.52. The Kier molecular flexibility index (Phi) is 6.90. The zero-order valence-electron chi connectivity index (χ0n) is 14.9. The third kappa shape index (κ3) is 5.16. The van der Waals surface area contributed by atoms with Crippen LogP contribution in [0, 0.1) is 0 Å². The molecule has 1 N–H and O–H groups in total. The Morgan fingerprint density at radius 2 is 2.15 bits per heavy atom. The molecule has 2 rings (SSSR count). The monoisotopic (exact) mass is 366 g/mol. The number of methoxy groups -OCH3 is 1. The maximum Gasteiger partial charge on any atom is 0.331 e. The van der Waals surface area contributed by atoms with Crippen LogP contribution in [0.2, 0.25) is 0 Å². The van der Waals surface area contributed by atoms with E-state index < -0.39 is 23.9 Å². The first kappa shape index (κ1) is 19.6. The highest BCUT2D eigenvalue weighted by atomic mass is 16.6. The molecule has 0 unspecified atom stereocenters. The van der Waals surface area contributed by atoms with Gasteiger partial charge in [0, 0.05) is 25.8 Å². The fourth-order valence-corrected chi connectivity index (χ4v) is 2.40. The van der Waals surface area contributed by atoms with E-state index in [9.17, 15) is 14.4 Å². The van der Waals surface area contributed by atoms with E-state index in [1.165, 1.54) is 26.3 Å². The lowest BCUT2D eigenvalue weighted by Gasteiger charge is -2.19. The molecule has 1 amide bonds. The van der Waals surface area contributed by atoms with Gasteiger partial charge in [-0.2, -0.15) is 0 Å². The molecule has 0 radical (unpaired) electrons. The summed E-state index contributed by atoms with van der Waals surface area (Å²) < 4.78 is 20.9. The minimum atomic E-state index is -0.999. The summed E-state index contributed by atoms with van der Waals surface area (Å²) in [6.45, 7) is 3.41. The van der Waals surface area contributed by atoms with Crippen LogP contribution in [-0.2, 0) is 19.1 Å². The average molecular weight is 366 g/mol. The predicted molar refractivity (Wildman–Crippen MR) is 89.0 cm³/mol. The van der Waals surface area contributed by atoms with E-state index in [0.717, 1.165) is 6.42 Å². The van der Waals surface area contributed by atoms with Gasteiger partial charge in [-0.1, -0.05) is 0 Å². The van der Waals surface area contributed by atoms with E-state index in [2.05, 4.69) is 10.3 Å². The number of ether oxygens (including phenoxy) is 4. The summed E-state index contributed by atoms with van der Waals surface area (Å²) in [5.41, 5.74) is -0.180. The molecular formula is C17H22N2O7. The largest absolute Gasteiger partial charge is 0.493 e. The highest BCUT2D eigenvalue weighted by Crippen LogP contribution is 2.29. The second-order valence-corrected chi connectivity index (χ2v) is 5.78. The Bertz CT molecular complexity index is 677. The molecule has 1 aliphatic heterocycles. The summed E-state index contributed by atoms with van der Waals surface area (Å²) in [6.07, 6.45) is 2.50. The molecule has 0 spiro atoms. The Morgan fingerprint density at radius 1 is 1.38 bits per heavy atom. The van der Waals surface area contributed by atoms with Gasteiger partial charge in [0.25, 0.3) is 5.91 Å². The SMILES string of the molecule is COc1ccnc(C(=O)N[C@H]2COCCC[C@H](C)OC2=O)c1OC(C)=O. The van der Waals surface area contributed by atoms with Crippen LogP contribution in [0.3, 0.4) is 0 Å². The molecule has 9 heteroatoms. The van der Waals surface area contributed by atoms with Crippen molar-refractivity contribution in [2.45, 2.75) is 38.8 Å². The lowest BCUT2D eigenvalue weighted by molar-refractivity contribution is -0.151. The molecule has 9 nitrogen and oxygen atoms in total. The number of carbonyl (C=O) groups is 3. The first-order valence-electron chi connectivity index (χ1n) is 8.23. The molecule has 1 aromatic rings. The third-order valence-corrected chi connectivity index (χ3v) is 3.64. The molecular weight excluding hydrogens is 344 g/mol. The van der Waals surface area contributed by atoms with E-state index in [-0.39, 0.29) is 29.9 Å². The van der Waals surface area contributed by atoms with E-state index in [1.807, 2.05) is 0 Å². The van der Waals surface area contributed by atoms with E-state index >= 15 is 0 Å². The van der Waals surface area contributed by atoms with Gasteiger partial charge in [0.2, 0.25) is 5.75 Å². The summed E-state index contributed by atoms with van der Waals surface area (Å²) in [5.74, 6) is -1.89. The van der Waals surface area contributed by atoms with Crippen molar-refractivity contribution in [3.8, 4) is 11.5 Å². The van der Waals surface area contributed by atoms with Crippen LogP contribution in [0.5, 0.6) is 11.5 Å². The van der Waals surface area contributed by atoms with Gasteiger partial charge in [-0.15, -0.1) is 0 Å². The molecule has 2 atom stereocenters. The minimum absolute atomic E-state index is 0.0237. The average Bonchev–Trinajstić information content (AvgIpc) is 2.66. The number of hydrogen-bond acceptors (Lipinski definition) is 8. The number of cyclic esters (lactones) is 1. The van der Waals surface area contributed by atoms with Gasteiger partial charge in [-0.05, 0) is 19.8 Å².